The average molecular weight is 319 g/mol. The molecule has 2 N–H and O–H groups in total. The van der Waals surface area contributed by atoms with Crippen molar-refractivity contribution < 1.29 is 13.7 Å². The van der Waals surface area contributed by atoms with Gasteiger partial charge in [-0.1, -0.05) is 5.16 Å². The SMILES string of the molecule is CC(C)NC(=O)c1noc2c1CC(Nc1ncc(F)cn1)CC2. The highest BCUT2D eigenvalue weighted by Crippen LogP contribution is 2.26. The van der Waals surface area contributed by atoms with Crippen LogP contribution < -0.4 is 10.6 Å². The lowest BCUT2D eigenvalue weighted by Gasteiger charge is -2.22. The minimum atomic E-state index is -0.479. The molecule has 23 heavy (non-hydrogen) atoms. The molecule has 0 fully saturated rings. The number of carbonyl (C=O) groups is 1. The minimum absolute atomic E-state index is 0.0278. The first kappa shape index (κ1) is 15.4. The smallest absolute Gasteiger partial charge is 0.273 e. The molecule has 2 aromatic rings. The molecule has 1 unspecified atom stereocenters. The lowest BCUT2D eigenvalue weighted by molar-refractivity contribution is 0.0933. The number of hydrogen-bond acceptors (Lipinski definition) is 6. The normalized spacial score (nSPS) is 17.0. The molecule has 0 saturated carbocycles. The van der Waals surface area contributed by atoms with Crippen LogP contribution in [-0.4, -0.2) is 33.1 Å². The summed E-state index contributed by atoms with van der Waals surface area (Å²) < 4.78 is 18.1. The third kappa shape index (κ3) is 3.46. The maximum absolute atomic E-state index is 12.8. The van der Waals surface area contributed by atoms with E-state index in [1.54, 1.807) is 0 Å². The molecular weight excluding hydrogens is 301 g/mol. The van der Waals surface area contributed by atoms with E-state index in [0.29, 0.717) is 24.5 Å². The molecule has 3 rings (SSSR count). The first-order chi connectivity index (χ1) is 11.0. The van der Waals surface area contributed by atoms with Gasteiger partial charge in [0.15, 0.2) is 11.5 Å². The van der Waals surface area contributed by atoms with Gasteiger partial charge in [0.25, 0.3) is 5.91 Å². The Morgan fingerprint density at radius 2 is 2.13 bits per heavy atom. The zero-order valence-electron chi connectivity index (χ0n) is 13.0. The molecule has 1 amide bonds. The van der Waals surface area contributed by atoms with Crippen molar-refractivity contribution in [3.63, 3.8) is 0 Å². The molecule has 0 aliphatic heterocycles. The molecule has 122 valence electrons. The highest BCUT2D eigenvalue weighted by atomic mass is 19.1. The van der Waals surface area contributed by atoms with Gasteiger partial charge in [-0.15, -0.1) is 0 Å². The third-order valence-corrected chi connectivity index (χ3v) is 3.63. The number of nitrogens with zero attached hydrogens (tertiary/aromatic N) is 3. The fraction of sp³-hybridized carbons (Fsp3) is 0.467. The molecule has 0 spiro atoms. The zero-order chi connectivity index (χ0) is 16.4. The van der Waals surface area contributed by atoms with Crippen LogP contribution in [0.25, 0.3) is 0 Å². The van der Waals surface area contributed by atoms with E-state index in [2.05, 4.69) is 25.8 Å². The van der Waals surface area contributed by atoms with Crippen LogP contribution in [0.1, 0.15) is 42.1 Å². The van der Waals surface area contributed by atoms with E-state index in [0.717, 1.165) is 30.1 Å². The van der Waals surface area contributed by atoms with Crippen LogP contribution in [0.4, 0.5) is 10.3 Å². The second-order valence-corrected chi connectivity index (χ2v) is 5.87. The van der Waals surface area contributed by atoms with Gasteiger partial charge in [0, 0.05) is 24.1 Å². The van der Waals surface area contributed by atoms with E-state index >= 15 is 0 Å². The topological polar surface area (TPSA) is 92.9 Å². The number of anilines is 1. The minimum Gasteiger partial charge on any atom is -0.360 e. The van der Waals surface area contributed by atoms with Gasteiger partial charge in [0.2, 0.25) is 5.95 Å². The second-order valence-electron chi connectivity index (χ2n) is 5.87. The fourth-order valence-electron chi connectivity index (χ4n) is 2.61. The Kier molecular flexibility index (Phi) is 4.22. The zero-order valence-corrected chi connectivity index (χ0v) is 13.0. The summed E-state index contributed by atoms with van der Waals surface area (Å²) in [4.78, 5) is 20.0. The van der Waals surface area contributed by atoms with Crippen LogP contribution in [0.3, 0.4) is 0 Å². The Bertz CT molecular complexity index is 698. The van der Waals surface area contributed by atoms with Crippen molar-refractivity contribution in [1.29, 1.82) is 0 Å². The Morgan fingerprint density at radius 3 is 2.83 bits per heavy atom. The summed E-state index contributed by atoms with van der Waals surface area (Å²) in [6, 6.07) is 0.0675. The van der Waals surface area contributed by atoms with E-state index in [1.165, 1.54) is 0 Å². The average Bonchev–Trinajstić information content (AvgIpc) is 2.92. The van der Waals surface area contributed by atoms with Crippen LogP contribution in [0.15, 0.2) is 16.9 Å². The summed E-state index contributed by atoms with van der Waals surface area (Å²) in [7, 11) is 0. The number of amides is 1. The monoisotopic (exact) mass is 319 g/mol. The van der Waals surface area contributed by atoms with Gasteiger partial charge < -0.3 is 15.2 Å². The second kappa shape index (κ2) is 6.31. The summed E-state index contributed by atoms with van der Waals surface area (Å²) in [5.41, 5.74) is 1.15. The molecule has 7 nitrogen and oxygen atoms in total. The standard InChI is InChI=1S/C15H18FN5O2/c1-8(2)19-14(22)13-11-5-10(3-4-12(11)23-21-13)20-15-17-6-9(16)7-18-15/h6-8,10H,3-5H2,1-2H3,(H,19,22)(H,17,18,20). The van der Waals surface area contributed by atoms with Crippen LogP contribution in [0.2, 0.25) is 0 Å². The molecule has 0 radical (unpaired) electrons. The van der Waals surface area contributed by atoms with Crippen molar-refractivity contribution in [3.05, 3.63) is 35.2 Å². The Morgan fingerprint density at radius 1 is 1.39 bits per heavy atom. The van der Waals surface area contributed by atoms with Crippen molar-refractivity contribution in [2.45, 2.75) is 45.2 Å². The first-order valence-electron chi connectivity index (χ1n) is 7.55. The van der Waals surface area contributed by atoms with Gasteiger partial charge in [-0.25, -0.2) is 14.4 Å². The van der Waals surface area contributed by atoms with Crippen LogP contribution >= 0.6 is 0 Å². The van der Waals surface area contributed by atoms with Crippen LogP contribution in [0, 0.1) is 5.82 Å². The number of halogens is 1. The van der Waals surface area contributed by atoms with E-state index < -0.39 is 5.82 Å². The predicted molar refractivity (Wildman–Crippen MR) is 80.5 cm³/mol. The van der Waals surface area contributed by atoms with Gasteiger partial charge in [-0.2, -0.15) is 0 Å². The van der Waals surface area contributed by atoms with Crippen molar-refractivity contribution >= 4 is 11.9 Å². The summed E-state index contributed by atoms with van der Waals surface area (Å²) >= 11 is 0. The highest BCUT2D eigenvalue weighted by Gasteiger charge is 2.29. The maximum atomic E-state index is 12.8. The number of fused-ring (bicyclic) bond motifs is 1. The Balaban J connectivity index is 1.73. The number of aryl methyl sites for hydroxylation is 1. The molecule has 1 aliphatic rings. The van der Waals surface area contributed by atoms with Crippen molar-refractivity contribution in [2.24, 2.45) is 0 Å². The quantitative estimate of drug-likeness (QED) is 0.891. The number of aromatic nitrogens is 3. The maximum Gasteiger partial charge on any atom is 0.273 e. The van der Waals surface area contributed by atoms with Crippen molar-refractivity contribution in [3.8, 4) is 0 Å². The molecule has 2 aromatic heterocycles. The van der Waals surface area contributed by atoms with Crippen molar-refractivity contribution in [2.75, 3.05) is 5.32 Å². The summed E-state index contributed by atoms with van der Waals surface area (Å²) in [6.45, 7) is 3.78. The fourth-order valence-corrected chi connectivity index (χ4v) is 2.61. The lowest BCUT2D eigenvalue weighted by atomic mass is 9.92. The van der Waals surface area contributed by atoms with Crippen LogP contribution in [0.5, 0.6) is 0 Å². The van der Waals surface area contributed by atoms with Gasteiger partial charge in [0.1, 0.15) is 5.76 Å². The summed E-state index contributed by atoms with van der Waals surface area (Å²) in [5, 5.41) is 9.88. The number of hydrogen-bond donors (Lipinski definition) is 2. The molecular formula is C15H18FN5O2. The largest absolute Gasteiger partial charge is 0.360 e. The van der Waals surface area contributed by atoms with Crippen LogP contribution in [-0.2, 0) is 12.8 Å². The number of carbonyl (C=O) groups excluding carboxylic acids is 1. The molecule has 2 heterocycles. The molecule has 0 aromatic carbocycles. The van der Waals surface area contributed by atoms with Crippen molar-refractivity contribution in [1.82, 2.24) is 20.4 Å². The highest BCUT2D eigenvalue weighted by molar-refractivity contribution is 5.94. The Labute approximate surface area is 132 Å². The summed E-state index contributed by atoms with van der Waals surface area (Å²) in [5.74, 6) is 0.401. The van der Waals surface area contributed by atoms with E-state index in [9.17, 15) is 9.18 Å². The van der Waals surface area contributed by atoms with Gasteiger partial charge in [-0.3, -0.25) is 4.79 Å². The molecule has 1 aliphatic carbocycles. The summed E-state index contributed by atoms with van der Waals surface area (Å²) in [6.07, 6.45) is 4.29. The number of nitrogens with one attached hydrogen (secondary N) is 2. The number of rotatable bonds is 4. The van der Waals surface area contributed by atoms with Gasteiger partial charge in [-0.05, 0) is 26.7 Å². The molecule has 8 heteroatoms. The molecule has 0 saturated heterocycles. The lowest BCUT2D eigenvalue weighted by Crippen LogP contribution is -2.33. The van der Waals surface area contributed by atoms with Gasteiger partial charge in [0.05, 0.1) is 12.4 Å². The molecule has 0 bridgehead atoms. The predicted octanol–water partition coefficient (Wildman–Crippen LogP) is 1.71. The van der Waals surface area contributed by atoms with E-state index in [-0.39, 0.29) is 18.0 Å². The third-order valence-electron chi connectivity index (χ3n) is 3.63. The van der Waals surface area contributed by atoms with E-state index in [1.807, 2.05) is 13.8 Å². The van der Waals surface area contributed by atoms with E-state index in [4.69, 9.17) is 4.52 Å². The first-order valence-corrected chi connectivity index (χ1v) is 7.55. The Hall–Kier alpha value is -2.51. The molecule has 1 atom stereocenters. The van der Waals surface area contributed by atoms with Gasteiger partial charge >= 0.3 is 0 Å².